The molecule has 7 rings (SSSR count). The van der Waals surface area contributed by atoms with Gasteiger partial charge in [0.25, 0.3) is 0 Å². The number of aliphatic hydroxyl groups excluding tert-OH is 1. The molecule has 2 aromatic carbocycles. The van der Waals surface area contributed by atoms with Crippen molar-refractivity contribution in [3.8, 4) is 38.6 Å². The van der Waals surface area contributed by atoms with Crippen LogP contribution in [0, 0.1) is 12.8 Å². The molecule has 4 atom stereocenters. The van der Waals surface area contributed by atoms with Crippen molar-refractivity contribution in [2.24, 2.45) is 5.92 Å². The van der Waals surface area contributed by atoms with Crippen LogP contribution in [0.1, 0.15) is 68.3 Å². The van der Waals surface area contributed by atoms with E-state index >= 15 is 0 Å². The largest absolute Gasteiger partial charge is 0.507 e. The predicted molar refractivity (Wildman–Crippen MR) is 245 cm³/mol. The zero-order valence-electron chi connectivity index (χ0n) is 37.1. The van der Waals surface area contributed by atoms with Crippen LogP contribution in [0.2, 0.25) is 0 Å². The number of carbonyl (C=O) groups is 2. The number of hydrogen-bond acceptors (Lipinski definition) is 15. The zero-order chi connectivity index (χ0) is 45.9. The quantitative estimate of drug-likeness (QED) is 0.0576. The molecule has 0 aliphatic carbocycles. The lowest BCUT2D eigenvalue weighted by Gasteiger charge is -2.29. The molecule has 4 aromatic heterocycles. The van der Waals surface area contributed by atoms with Gasteiger partial charge in [0.2, 0.25) is 11.8 Å². The standard InChI is InChI=1S/C47H57N9O8S/c1-29(2)43(47(60)56-27-36(57)23-40(56)46(59)51-30(3)32-11-13-33(14-12-32)44-31(4)49-28-65-44)42-22-35(54-64-42)8-7-16-61-18-20-63-21-19-62-17-15-55-26-34(25-50-55)38-24-39(52-53-45(38)48)37-9-5-6-10-41(37)58/h5-6,9-14,22,24-26,28-30,36,40,43,57-58H,7-8,15-21,23,27H2,1-4H3,(H2,48,53)(H,51,59)/t30-,36+,40-,43+/m0/s1. The number of hydrogen-bond donors (Lipinski definition) is 4. The first-order valence-electron chi connectivity index (χ1n) is 21.9. The van der Waals surface area contributed by atoms with Gasteiger partial charge in [-0.15, -0.1) is 21.5 Å². The van der Waals surface area contributed by atoms with Crippen LogP contribution in [0.5, 0.6) is 5.75 Å². The van der Waals surface area contributed by atoms with Crippen LogP contribution in [0.4, 0.5) is 5.82 Å². The molecule has 0 unspecified atom stereocenters. The number of aliphatic hydroxyl groups is 1. The molecule has 17 nitrogen and oxygen atoms in total. The van der Waals surface area contributed by atoms with Gasteiger partial charge in [-0.2, -0.15) is 5.10 Å². The molecule has 0 bridgehead atoms. The third-order valence-corrected chi connectivity index (χ3v) is 12.3. The van der Waals surface area contributed by atoms with Crippen LogP contribution >= 0.6 is 11.3 Å². The minimum absolute atomic E-state index is 0.0635. The second kappa shape index (κ2) is 22.2. The Hall–Kier alpha value is -6.05. The number of phenolic OH excluding ortho intramolecular Hbond substituents is 1. The number of aromatic nitrogens is 6. The van der Waals surface area contributed by atoms with Gasteiger partial charge in [0.05, 0.1) is 85.4 Å². The minimum atomic E-state index is -0.815. The fraction of sp³-hybridized carbons (Fsp3) is 0.426. The first-order chi connectivity index (χ1) is 31.5. The fourth-order valence-corrected chi connectivity index (χ4v) is 8.65. The summed E-state index contributed by atoms with van der Waals surface area (Å²) in [5.74, 6) is -0.593. The van der Waals surface area contributed by atoms with Crippen molar-refractivity contribution in [1.29, 1.82) is 0 Å². The van der Waals surface area contributed by atoms with E-state index in [-0.39, 0.29) is 48.3 Å². The van der Waals surface area contributed by atoms with E-state index in [1.54, 1.807) is 52.5 Å². The molecule has 5 heterocycles. The molecule has 344 valence electrons. The summed E-state index contributed by atoms with van der Waals surface area (Å²) in [7, 11) is 0. The third-order valence-electron chi connectivity index (χ3n) is 11.3. The number of aryl methyl sites for hydroxylation is 2. The average molecular weight is 908 g/mol. The van der Waals surface area contributed by atoms with Crippen molar-refractivity contribution in [1.82, 2.24) is 40.3 Å². The molecule has 1 aliphatic rings. The maximum atomic E-state index is 14.1. The minimum Gasteiger partial charge on any atom is -0.507 e. The number of rotatable bonds is 22. The highest BCUT2D eigenvalue weighted by Crippen LogP contribution is 2.34. The van der Waals surface area contributed by atoms with Gasteiger partial charge in [-0.25, -0.2) is 4.98 Å². The van der Waals surface area contributed by atoms with Crippen molar-refractivity contribution >= 4 is 29.0 Å². The van der Waals surface area contributed by atoms with Crippen molar-refractivity contribution in [2.45, 2.75) is 77.6 Å². The summed E-state index contributed by atoms with van der Waals surface area (Å²) in [4.78, 5) is 34.7. The Bertz CT molecular complexity index is 2490. The molecule has 0 saturated carbocycles. The molecule has 6 aromatic rings. The number of nitrogens with one attached hydrogen (secondary N) is 1. The highest BCUT2D eigenvalue weighted by molar-refractivity contribution is 7.13. The number of likely N-dealkylation sites (tertiary alicyclic amines) is 1. The maximum absolute atomic E-state index is 14.1. The number of phenols is 1. The molecule has 1 aliphatic heterocycles. The smallest absolute Gasteiger partial charge is 0.243 e. The van der Waals surface area contributed by atoms with E-state index in [1.165, 1.54) is 4.90 Å². The summed E-state index contributed by atoms with van der Waals surface area (Å²) in [5.41, 5.74) is 14.1. The number of ether oxygens (including phenoxy) is 3. The molecule has 2 amide bonds. The van der Waals surface area contributed by atoms with Crippen LogP contribution < -0.4 is 11.1 Å². The Morgan fingerprint density at radius 3 is 2.42 bits per heavy atom. The number of thiazole rings is 1. The summed E-state index contributed by atoms with van der Waals surface area (Å²) in [6.07, 6.45) is 4.19. The highest BCUT2D eigenvalue weighted by atomic mass is 32.1. The molecule has 1 fully saturated rings. The molecule has 65 heavy (non-hydrogen) atoms. The van der Waals surface area contributed by atoms with Gasteiger partial charge < -0.3 is 44.9 Å². The lowest BCUT2D eigenvalue weighted by atomic mass is 9.91. The lowest BCUT2D eigenvalue weighted by Crippen LogP contribution is -2.48. The monoisotopic (exact) mass is 907 g/mol. The number of nitrogen functional groups attached to an aromatic ring is 1. The van der Waals surface area contributed by atoms with E-state index in [4.69, 9.17) is 24.5 Å². The first-order valence-corrected chi connectivity index (χ1v) is 22.8. The van der Waals surface area contributed by atoms with Crippen molar-refractivity contribution < 1.29 is 38.5 Å². The van der Waals surface area contributed by atoms with Crippen LogP contribution in [-0.2, 0) is 36.8 Å². The average Bonchev–Trinajstić information content (AvgIpc) is 4.13. The van der Waals surface area contributed by atoms with Gasteiger partial charge in [-0.1, -0.05) is 55.4 Å². The normalized spacial score (nSPS) is 16.0. The van der Waals surface area contributed by atoms with Crippen molar-refractivity contribution in [2.75, 3.05) is 51.9 Å². The van der Waals surface area contributed by atoms with Gasteiger partial charge >= 0.3 is 0 Å². The van der Waals surface area contributed by atoms with Gasteiger partial charge in [0.1, 0.15) is 23.5 Å². The number of nitrogens with two attached hydrogens (primary N) is 1. The Morgan fingerprint density at radius 1 is 0.954 bits per heavy atom. The number of aromatic hydroxyl groups is 1. The Balaban J connectivity index is 0.779. The van der Waals surface area contributed by atoms with Crippen LogP contribution in [-0.4, -0.2) is 115 Å². The molecule has 5 N–H and O–H groups in total. The topological polar surface area (TPSA) is 226 Å². The van der Waals surface area contributed by atoms with E-state index in [0.717, 1.165) is 27.3 Å². The second-order valence-corrected chi connectivity index (χ2v) is 17.3. The number of para-hydroxylation sites is 1. The van der Waals surface area contributed by atoms with Crippen molar-refractivity contribution in [3.05, 3.63) is 101 Å². The number of benzene rings is 2. The fourth-order valence-electron chi connectivity index (χ4n) is 7.84. The van der Waals surface area contributed by atoms with E-state index in [0.29, 0.717) is 87.3 Å². The summed E-state index contributed by atoms with van der Waals surface area (Å²) < 4.78 is 24.6. The lowest BCUT2D eigenvalue weighted by molar-refractivity contribution is -0.141. The summed E-state index contributed by atoms with van der Waals surface area (Å²) in [5, 5.41) is 40.8. The third kappa shape index (κ3) is 12.0. The molecular formula is C47H57N9O8S. The van der Waals surface area contributed by atoms with Gasteiger partial charge in [0.15, 0.2) is 5.82 Å². The van der Waals surface area contributed by atoms with Crippen LogP contribution in [0.15, 0.2) is 83.1 Å². The molecule has 0 spiro atoms. The summed E-state index contributed by atoms with van der Waals surface area (Å²) in [6, 6.07) is 17.4. The molecule has 0 radical (unpaired) electrons. The number of carbonyl (C=O) groups excluding carboxylic acids is 2. The van der Waals surface area contributed by atoms with Crippen LogP contribution in [0.25, 0.3) is 32.8 Å². The zero-order valence-corrected chi connectivity index (χ0v) is 37.9. The second-order valence-electron chi connectivity index (χ2n) is 16.4. The highest BCUT2D eigenvalue weighted by Gasteiger charge is 2.43. The van der Waals surface area contributed by atoms with E-state index < -0.39 is 18.1 Å². The molecular weight excluding hydrogens is 851 g/mol. The number of β-amino-alcohol motifs (C(OH)–C–C–N with tert-alkyl or cyclic N) is 1. The Morgan fingerprint density at radius 2 is 1.69 bits per heavy atom. The van der Waals surface area contributed by atoms with Gasteiger partial charge in [-0.3, -0.25) is 14.3 Å². The number of nitrogens with zero attached hydrogens (tertiary/aromatic N) is 7. The van der Waals surface area contributed by atoms with Crippen molar-refractivity contribution in [3.63, 3.8) is 0 Å². The Labute approximate surface area is 381 Å². The summed E-state index contributed by atoms with van der Waals surface area (Å²) in [6.45, 7) is 11.0. The number of anilines is 1. The van der Waals surface area contributed by atoms with Gasteiger partial charge in [0, 0.05) is 48.5 Å². The number of amides is 2. The Kier molecular flexibility index (Phi) is 16.0. The molecule has 18 heteroatoms. The predicted octanol–water partition coefficient (Wildman–Crippen LogP) is 5.98. The molecule has 1 saturated heterocycles. The van der Waals surface area contributed by atoms with E-state index in [9.17, 15) is 19.8 Å². The summed E-state index contributed by atoms with van der Waals surface area (Å²) >= 11 is 1.59. The SMILES string of the molecule is Cc1ncsc1-c1ccc([C@H](C)NC(=O)[C@@H]2C[C@@H](O)CN2C(=O)[C@@H](c2cc(CCCOCCOCCOCCn3cc(-c4cc(-c5ccccc5O)nnc4N)cn3)no2)C(C)C)cc1. The van der Waals surface area contributed by atoms with Gasteiger partial charge in [-0.05, 0) is 61.9 Å². The van der Waals surface area contributed by atoms with E-state index in [2.05, 4.69) is 30.8 Å². The first kappa shape index (κ1) is 46.9. The van der Waals surface area contributed by atoms with Crippen LogP contribution in [0.3, 0.4) is 0 Å². The van der Waals surface area contributed by atoms with E-state index in [1.807, 2.05) is 69.7 Å². The maximum Gasteiger partial charge on any atom is 0.243 e.